The Morgan fingerprint density at radius 2 is 1.72 bits per heavy atom. The molecule has 4 heteroatoms. The van der Waals surface area contributed by atoms with E-state index in [1.807, 2.05) is 36.4 Å². The zero-order chi connectivity index (χ0) is 13.1. The molecule has 0 heterocycles. The average molecular weight is 326 g/mol. The first-order valence-corrected chi connectivity index (χ1v) is 6.42. The Morgan fingerprint density at radius 1 is 1.11 bits per heavy atom. The highest BCUT2D eigenvalue weighted by molar-refractivity contribution is 9.10. The summed E-state index contributed by atoms with van der Waals surface area (Å²) in [6.45, 7) is 0. The summed E-state index contributed by atoms with van der Waals surface area (Å²) < 4.78 is 5.45. The number of hydrogen-bond acceptors (Lipinski definition) is 2. The average Bonchev–Trinajstić information content (AvgIpc) is 2.39. The van der Waals surface area contributed by atoms with Crippen molar-refractivity contribution in [3.05, 3.63) is 57.5 Å². The molecule has 0 unspecified atom stereocenters. The molecule has 0 fully saturated rings. The van der Waals surface area contributed by atoms with Crippen LogP contribution in [0.4, 0.5) is 0 Å². The van der Waals surface area contributed by atoms with E-state index >= 15 is 0 Å². The highest BCUT2D eigenvalue weighted by atomic mass is 79.9. The molecule has 0 amide bonds. The Labute approximate surface area is 119 Å². The van der Waals surface area contributed by atoms with Crippen LogP contribution in [-0.2, 0) is 4.74 Å². The molecule has 92 valence electrons. The second kappa shape index (κ2) is 5.55. The zero-order valence-corrected chi connectivity index (χ0v) is 12.0. The van der Waals surface area contributed by atoms with Crippen LogP contribution in [0.5, 0.6) is 0 Å². The minimum absolute atomic E-state index is 0.363. The van der Waals surface area contributed by atoms with Crippen LogP contribution in [0.1, 0.15) is 10.4 Å². The number of halogens is 2. The monoisotopic (exact) mass is 324 g/mol. The molecule has 18 heavy (non-hydrogen) atoms. The van der Waals surface area contributed by atoms with E-state index in [0.29, 0.717) is 15.1 Å². The maximum atomic E-state index is 11.6. The van der Waals surface area contributed by atoms with Gasteiger partial charge in [0.05, 0.1) is 12.7 Å². The Kier molecular flexibility index (Phi) is 4.04. The molecule has 2 aromatic rings. The van der Waals surface area contributed by atoms with Gasteiger partial charge in [-0.15, -0.1) is 0 Å². The van der Waals surface area contributed by atoms with Crippen molar-refractivity contribution in [2.45, 2.75) is 0 Å². The molecule has 0 saturated carbocycles. The first kappa shape index (κ1) is 13.1. The molecule has 0 atom stereocenters. The summed E-state index contributed by atoms with van der Waals surface area (Å²) in [6.07, 6.45) is 0. The van der Waals surface area contributed by atoms with Crippen molar-refractivity contribution >= 4 is 33.5 Å². The Morgan fingerprint density at radius 3 is 2.33 bits per heavy atom. The number of benzene rings is 2. The molecule has 2 rings (SSSR count). The summed E-state index contributed by atoms with van der Waals surface area (Å²) in [5.41, 5.74) is 2.44. The van der Waals surface area contributed by atoms with Gasteiger partial charge < -0.3 is 4.74 Å². The molecule has 0 bridgehead atoms. The van der Waals surface area contributed by atoms with Crippen LogP contribution in [-0.4, -0.2) is 13.1 Å². The van der Waals surface area contributed by atoms with Crippen LogP contribution in [0.2, 0.25) is 5.02 Å². The molecule has 0 aliphatic heterocycles. The normalized spacial score (nSPS) is 10.2. The largest absolute Gasteiger partial charge is 0.465 e. The molecule has 2 nitrogen and oxygen atoms in total. The lowest BCUT2D eigenvalue weighted by Crippen LogP contribution is -2.02. The molecule has 0 radical (unpaired) electrons. The molecule has 0 N–H and O–H groups in total. The van der Waals surface area contributed by atoms with Gasteiger partial charge in [0, 0.05) is 9.50 Å². The van der Waals surface area contributed by atoms with Gasteiger partial charge in [-0.25, -0.2) is 4.79 Å². The summed E-state index contributed by atoms with van der Waals surface area (Å²) in [7, 11) is 1.36. The van der Waals surface area contributed by atoms with Crippen molar-refractivity contribution in [2.24, 2.45) is 0 Å². The predicted molar refractivity (Wildman–Crippen MR) is 75.9 cm³/mol. The van der Waals surface area contributed by atoms with Crippen LogP contribution >= 0.6 is 27.5 Å². The minimum atomic E-state index is -0.363. The number of carbonyl (C=O) groups excluding carboxylic acids is 1. The van der Waals surface area contributed by atoms with Crippen molar-refractivity contribution in [3.8, 4) is 11.1 Å². The highest BCUT2D eigenvalue weighted by Gasteiger charge is 2.11. The van der Waals surface area contributed by atoms with E-state index in [0.717, 1.165) is 11.1 Å². The lowest BCUT2D eigenvalue weighted by atomic mass is 10.0. The van der Waals surface area contributed by atoms with Crippen molar-refractivity contribution < 1.29 is 9.53 Å². The second-order valence-corrected chi connectivity index (χ2v) is 4.98. The maximum Gasteiger partial charge on any atom is 0.339 e. The van der Waals surface area contributed by atoms with E-state index < -0.39 is 0 Å². The van der Waals surface area contributed by atoms with Crippen LogP contribution < -0.4 is 0 Å². The molecular formula is C14H10BrClO2. The fourth-order valence-electron chi connectivity index (χ4n) is 1.61. The van der Waals surface area contributed by atoms with Gasteiger partial charge in [-0.1, -0.05) is 29.8 Å². The van der Waals surface area contributed by atoms with E-state index in [4.69, 9.17) is 16.3 Å². The van der Waals surface area contributed by atoms with Gasteiger partial charge >= 0.3 is 5.97 Å². The standard InChI is InChI=1S/C14H10BrClO2/c1-18-14(17)12-8-10(4-7-13(12)15)9-2-5-11(16)6-3-9/h2-8H,1H3. The minimum Gasteiger partial charge on any atom is -0.465 e. The smallest absolute Gasteiger partial charge is 0.339 e. The van der Waals surface area contributed by atoms with Gasteiger partial charge in [-0.05, 0) is 51.3 Å². The molecule has 0 spiro atoms. The number of carbonyl (C=O) groups is 1. The van der Waals surface area contributed by atoms with Gasteiger partial charge in [0.15, 0.2) is 0 Å². The summed E-state index contributed by atoms with van der Waals surface area (Å²) in [5, 5.41) is 0.684. The van der Waals surface area contributed by atoms with Gasteiger partial charge in [-0.3, -0.25) is 0 Å². The van der Waals surface area contributed by atoms with E-state index in [9.17, 15) is 4.79 Å². The van der Waals surface area contributed by atoms with Crippen LogP contribution in [0.25, 0.3) is 11.1 Å². The van der Waals surface area contributed by atoms with Crippen LogP contribution in [0, 0.1) is 0 Å². The van der Waals surface area contributed by atoms with Gasteiger partial charge in [0.25, 0.3) is 0 Å². The molecule has 0 saturated heterocycles. The molecular weight excluding hydrogens is 316 g/mol. The number of esters is 1. The third-order valence-corrected chi connectivity index (χ3v) is 3.49. The van der Waals surface area contributed by atoms with Crippen molar-refractivity contribution in [1.82, 2.24) is 0 Å². The molecule has 2 aromatic carbocycles. The topological polar surface area (TPSA) is 26.3 Å². The predicted octanol–water partition coefficient (Wildman–Crippen LogP) is 4.56. The Hall–Kier alpha value is -1.32. The highest BCUT2D eigenvalue weighted by Crippen LogP contribution is 2.27. The van der Waals surface area contributed by atoms with Crippen molar-refractivity contribution in [2.75, 3.05) is 7.11 Å². The van der Waals surface area contributed by atoms with Gasteiger partial charge in [-0.2, -0.15) is 0 Å². The van der Waals surface area contributed by atoms with Crippen LogP contribution in [0.3, 0.4) is 0 Å². The molecule has 0 aliphatic rings. The van der Waals surface area contributed by atoms with Crippen molar-refractivity contribution in [1.29, 1.82) is 0 Å². The molecule has 0 aliphatic carbocycles. The lowest BCUT2D eigenvalue weighted by molar-refractivity contribution is 0.0600. The van der Waals surface area contributed by atoms with E-state index in [1.165, 1.54) is 7.11 Å². The first-order valence-electron chi connectivity index (χ1n) is 5.25. The van der Waals surface area contributed by atoms with Crippen LogP contribution in [0.15, 0.2) is 46.9 Å². The van der Waals surface area contributed by atoms with Crippen molar-refractivity contribution in [3.63, 3.8) is 0 Å². The third-order valence-electron chi connectivity index (χ3n) is 2.55. The summed E-state index contributed by atoms with van der Waals surface area (Å²) in [6, 6.07) is 13.0. The summed E-state index contributed by atoms with van der Waals surface area (Å²) in [5.74, 6) is -0.363. The maximum absolute atomic E-state index is 11.6. The van der Waals surface area contributed by atoms with E-state index in [2.05, 4.69) is 15.9 Å². The third kappa shape index (κ3) is 2.74. The quantitative estimate of drug-likeness (QED) is 0.757. The number of rotatable bonds is 2. The number of ether oxygens (including phenoxy) is 1. The van der Waals surface area contributed by atoms with Gasteiger partial charge in [0.1, 0.15) is 0 Å². The fraction of sp³-hybridized carbons (Fsp3) is 0.0714. The van der Waals surface area contributed by atoms with Gasteiger partial charge in [0.2, 0.25) is 0 Å². The summed E-state index contributed by atoms with van der Waals surface area (Å²) in [4.78, 5) is 11.6. The first-order chi connectivity index (χ1) is 8.61. The number of methoxy groups -OCH3 is 1. The SMILES string of the molecule is COC(=O)c1cc(-c2ccc(Cl)cc2)ccc1Br. The zero-order valence-electron chi connectivity index (χ0n) is 9.61. The van der Waals surface area contributed by atoms with E-state index in [1.54, 1.807) is 6.07 Å². The second-order valence-electron chi connectivity index (χ2n) is 3.69. The van der Waals surface area contributed by atoms with E-state index in [-0.39, 0.29) is 5.97 Å². The number of hydrogen-bond donors (Lipinski definition) is 0. The Balaban J connectivity index is 2.46. The Bertz CT molecular complexity index is 579. The molecule has 0 aromatic heterocycles. The fourth-order valence-corrected chi connectivity index (χ4v) is 2.15. The summed E-state index contributed by atoms with van der Waals surface area (Å²) >= 11 is 9.18. The lowest BCUT2D eigenvalue weighted by Gasteiger charge is -2.06.